The van der Waals surface area contributed by atoms with Crippen LogP contribution < -0.4 is 0 Å². The summed E-state index contributed by atoms with van der Waals surface area (Å²) >= 11 is 5.17. The Hall–Kier alpha value is -2.08. The predicted molar refractivity (Wildman–Crippen MR) is 75.9 cm³/mol. The van der Waals surface area contributed by atoms with Crippen molar-refractivity contribution >= 4 is 18.2 Å². The first-order valence-electron chi connectivity index (χ1n) is 6.06. The molecule has 0 atom stereocenters. The monoisotopic (exact) mass is 292 g/mol. The van der Waals surface area contributed by atoms with Crippen LogP contribution in [0.25, 0.3) is 11.3 Å². The number of carbonyl (C=O) groups is 1. The van der Waals surface area contributed by atoms with Gasteiger partial charge in [-0.05, 0) is 25.1 Å². The summed E-state index contributed by atoms with van der Waals surface area (Å²) in [4.78, 5) is 18.3. The van der Waals surface area contributed by atoms with Gasteiger partial charge in [0.15, 0.2) is 0 Å². The molecule has 0 aliphatic rings. The average molecular weight is 292 g/mol. The highest BCUT2D eigenvalue weighted by Crippen LogP contribution is 2.24. The molecule has 1 aromatic carbocycles. The van der Waals surface area contributed by atoms with Crippen molar-refractivity contribution in [1.82, 2.24) is 9.97 Å². The van der Waals surface area contributed by atoms with Gasteiger partial charge in [0, 0.05) is 17.5 Å². The second-order valence-electron chi connectivity index (χ2n) is 4.38. The number of nitrogens with zero attached hydrogens (tertiary/aromatic N) is 1. The lowest BCUT2D eigenvalue weighted by molar-refractivity contribution is 0.0696. The number of hydrogen-bond donors (Lipinski definition) is 2. The van der Waals surface area contributed by atoms with Crippen LogP contribution in [0.15, 0.2) is 18.2 Å². The highest BCUT2D eigenvalue weighted by Gasteiger charge is 2.12. The first-order valence-corrected chi connectivity index (χ1v) is 6.47. The van der Waals surface area contributed by atoms with E-state index in [2.05, 4.69) is 9.97 Å². The lowest BCUT2D eigenvalue weighted by Gasteiger charge is -2.10. The molecule has 0 aliphatic heterocycles. The van der Waals surface area contributed by atoms with Crippen LogP contribution in [-0.2, 0) is 6.42 Å². The van der Waals surface area contributed by atoms with E-state index in [0.29, 0.717) is 33.7 Å². The van der Waals surface area contributed by atoms with E-state index in [1.807, 2.05) is 6.92 Å². The van der Waals surface area contributed by atoms with Crippen LogP contribution in [0.5, 0.6) is 0 Å². The van der Waals surface area contributed by atoms with Gasteiger partial charge < -0.3 is 10.1 Å². The predicted octanol–water partition coefficient (Wildman–Crippen LogP) is 3.51. The summed E-state index contributed by atoms with van der Waals surface area (Å²) in [7, 11) is 0. The Labute approximate surface area is 120 Å². The van der Waals surface area contributed by atoms with Crippen LogP contribution in [0, 0.1) is 17.4 Å². The van der Waals surface area contributed by atoms with Gasteiger partial charge in [-0.2, -0.15) is 0 Å². The third-order valence-corrected chi connectivity index (χ3v) is 3.37. The maximum atomic E-state index is 13.6. The smallest absolute Gasteiger partial charge is 0.335 e. The molecule has 4 nitrogen and oxygen atoms in total. The molecule has 0 unspecified atom stereocenters. The lowest BCUT2D eigenvalue weighted by Crippen LogP contribution is -2.02. The molecule has 0 saturated carbocycles. The molecular formula is C14H13FN2O2S. The van der Waals surface area contributed by atoms with Gasteiger partial charge in [-0.3, -0.25) is 0 Å². The van der Waals surface area contributed by atoms with Gasteiger partial charge >= 0.3 is 5.97 Å². The third-order valence-electron chi connectivity index (χ3n) is 2.97. The Morgan fingerprint density at radius 3 is 2.75 bits per heavy atom. The quantitative estimate of drug-likeness (QED) is 0.850. The molecule has 0 saturated heterocycles. The number of carboxylic acid groups (broad SMARTS) is 1. The van der Waals surface area contributed by atoms with Crippen molar-refractivity contribution in [2.75, 3.05) is 0 Å². The highest BCUT2D eigenvalue weighted by molar-refractivity contribution is 7.71. The minimum Gasteiger partial charge on any atom is -0.478 e. The van der Waals surface area contributed by atoms with Gasteiger partial charge in [0.25, 0.3) is 0 Å². The summed E-state index contributed by atoms with van der Waals surface area (Å²) in [5, 5.41) is 9.00. The van der Waals surface area contributed by atoms with E-state index >= 15 is 0 Å². The number of rotatable bonds is 3. The maximum Gasteiger partial charge on any atom is 0.335 e. The standard InChI is InChI=1S/C14H13FN2O2S/c1-3-11-16-12(7(2)13(20)17-11)8-4-9(14(18)19)6-10(15)5-8/h4-6H,3H2,1-2H3,(H,18,19)(H,16,17,20). The molecular weight excluding hydrogens is 279 g/mol. The van der Waals surface area contributed by atoms with Crippen molar-refractivity contribution in [3.05, 3.63) is 45.6 Å². The SMILES string of the molecule is CCc1nc(=S)c(C)c(-c2cc(F)cc(C(=O)O)c2)[nH]1. The van der Waals surface area contributed by atoms with Crippen molar-refractivity contribution in [2.45, 2.75) is 20.3 Å². The number of aromatic amines is 1. The minimum absolute atomic E-state index is 0.103. The van der Waals surface area contributed by atoms with Crippen LogP contribution in [0.3, 0.4) is 0 Å². The van der Waals surface area contributed by atoms with Crippen LogP contribution in [0.2, 0.25) is 0 Å². The van der Waals surface area contributed by atoms with E-state index in [0.717, 1.165) is 6.07 Å². The average Bonchev–Trinajstić information content (AvgIpc) is 2.40. The molecule has 0 bridgehead atoms. The van der Waals surface area contributed by atoms with Gasteiger partial charge in [0.05, 0.1) is 11.3 Å². The normalized spacial score (nSPS) is 10.6. The van der Waals surface area contributed by atoms with E-state index in [9.17, 15) is 9.18 Å². The summed E-state index contributed by atoms with van der Waals surface area (Å²) in [6, 6.07) is 3.68. The number of aromatic nitrogens is 2. The van der Waals surface area contributed by atoms with Crippen molar-refractivity contribution in [1.29, 1.82) is 0 Å². The van der Waals surface area contributed by atoms with E-state index in [1.54, 1.807) is 6.92 Å². The molecule has 0 radical (unpaired) electrons. The second-order valence-corrected chi connectivity index (χ2v) is 4.76. The van der Waals surface area contributed by atoms with Gasteiger partial charge in [0.1, 0.15) is 16.3 Å². The minimum atomic E-state index is -1.17. The Kier molecular flexibility index (Phi) is 3.94. The van der Waals surface area contributed by atoms with Crippen molar-refractivity contribution < 1.29 is 14.3 Å². The number of aromatic carboxylic acids is 1. The highest BCUT2D eigenvalue weighted by atomic mass is 32.1. The van der Waals surface area contributed by atoms with Gasteiger partial charge in [-0.25, -0.2) is 14.2 Å². The maximum absolute atomic E-state index is 13.6. The third kappa shape index (κ3) is 2.75. The number of carboxylic acids is 1. The summed E-state index contributed by atoms with van der Waals surface area (Å²) in [6.07, 6.45) is 0.651. The van der Waals surface area contributed by atoms with E-state index < -0.39 is 11.8 Å². The Balaban J connectivity index is 2.71. The zero-order chi connectivity index (χ0) is 14.9. The zero-order valence-corrected chi connectivity index (χ0v) is 11.8. The van der Waals surface area contributed by atoms with Gasteiger partial charge in [-0.15, -0.1) is 0 Å². The number of nitrogens with one attached hydrogen (secondary N) is 1. The molecule has 6 heteroatoms. The van der Waals surface area contributed by atoms with Crippen molar-refractivity contribution in [3.63, 3.8) is 0 Å². The number of aryl methyl sites for hydroxylation is 1. The molecule has 20 heavy (non-hydrogen) atoms. The van der Waals surface area contributed by atoms with E-state index in [4.69, 9.17) is 17.3 Å². The van der Waals surface area contributed by atoms with E-state index in [1.165, 1.54) is 12.1 Å². The fraction of sp³-hybridized carbons (Fsp3) is 0.214. The number of halogens is 1. The Bertz CT molecular complexity index is 740. The van der Waals surface area contributed by atoms with Crippen LogP contribution in [0.1, 0.15) is 28.7 Å². The second kappa shape index (κ2) is 5.50. The van der Waals surface area contributed by atoms with E-state index in [-0.39, 0.29) is 5.56 Å². The molecule has 0 amide bonds. The van der Waals surface area contributed by atoms with Crippen molar-refractivity contribution in [3.8, 4) is 11.3 Å². The first kappa shape index (κ1) is 14.3. The number of benzene rings is 1. The summed E-state index contributed by atoms with van der Waals surface area (Å²) in [6.45, 7) is 3.69. The Morgan fingerprint density at radius 1 is 1.45 bits per heavy atom. The Morgan fingerprint density at radius 2 is 2.15 bits per heavy atom. The fourth-order valence-corrected chi connectivity index (χ4v) is 2.11. The molecule has 0 aliphatic carbocycles. The molecule has 2 N–H and O–H groups in total. The molecule has 2 aromatic rings. The van der Waals surface area contributed by atoms with Gasteiger partial charge in [-0.1, -0.05) is 19.1 Å². The summed E-state index contributed by atoms with van der Waals surface area (Å²) in [5.74, 6) is -1.10. The molecule has 104 valence electrons. The number of H-pyrrole nitrogens is 1. The zero-order valence-electron chi connectivity index (χ0n) is 11.0. The van der Waals surface area contributed by atoms with Crippen LogP contribution in [-0.4, -0.2) is 21.0 Å². The van der Waals surface area contributed by atoms with Crippen LogP contribution >= 0.6 is 12.2 Å². The van der Waals surface area contributed by atoms with Crippen LogP contribution in [0.4, 0.5) is 4.39 Å². The number of hydrogen-bond acceptors (Lipinski definition) is 3. The first-order chi connectivity index (χ1) is 9.42. The molecule has 2 rings (SSSR count). The largest absolute Gasteiger partial charge is 0.478 e. The molecule has 1 heterocycles. The van der Waals surface area contributed by atoms with Gasteiger partial charge in [0.2, 0.25) is 0 Å². The van der Waals surface area contributed by atoms with Crippen molar-refractivity contribution in [2.24, 2.45) is 0 Å². The lowest BCUT2D eigenvalue weighted by atomic mass is 10.0. The fourth-order valence-electron chi connectivity index (χ4n) is 1.89. The summed E-state index contributed by atoms with van der Waals surface area (Å²) < 4.78 is 14.0. The molecule has 0 fully saturated rings. The molecule has 1 aromatic heterocycles. The topological polar surface area (TPSA) is 66.0 Å². The summed E-state index contributed by atoms with van der Waals surface area (Å²) in [5.41, 5.74) is 1.64. The molecule has 0 spiro atoms.